The number of nitro benzene ring substituents is 1. The minimum absolute atomic E-state index is 0.0558. The second kappa shape index (κ2) is 11.7. The number of benzene rings is 2. The third-order valence-corrected chi connectivity index (χ3v) is 8.59. The van der Waals surface area contributed by atoms with E-state index in [4.69, 9.17) is 4.74 Å². The van der Waals surface area contributed by atoms with Crippen LogP contribution in [0.1, 0.15) is 17.0 Å². The molecule has 10 nitrogen and oxygen atoms in total. The molecule has 3 heterocycles. The molecular formula is C28H26N4O6S2. The van der Waals surface area contributed by atoms with Crippen molar-refractivity contribution in [1.82, 2.24) is 14.4 Å². The fraction of sp³-hybridized carbons (Fsp3) is 0.250. The van der Waals surface area contributed by atoms with Crippen molar-refractivity contribution in [2.75, 3.05) is 32.8 Å². The van der Waals surface area contributed by atoms with Gasteiger partial charge in [0.1, 0.15) is 6.54 Å². The number of carbonyl (C=O) groups is 3. The van der Waals surface area contributed by atoms with Crippen molar-refractivity contribution in [3.05, 3.63) is 86.6 Å². The lowest BCUT2D eigenvalue weighted by atomic mass is 10.2. The van der Waals surface area contributed by atoms with Gasteiger partial charge < -0.3 is 14.2 Å². The lowest BCUT2D eigenvalue weighted by Crippen LogP contribution is -2.46. The highest BCUT2D eigenvalue weighted by molar-refractivity contribution is 8.18. The Morgan fingerprint density at radius 1 is 1.05 bits per heavy atom. The van der Waals surface area contributed by atoms with Crippen LogP contribution in [0.25, 0.3) is 11.8 Å². The lowest BCUT2D eigenvalue weighted by molar-refractivity contribution is -0.384. The molecule has 3 aromatic rings. The summed E-state index contributed by atoms with van der Waals surface area (Å²) in [5.41, 5.74) is 3.67. The number of rotatable bonds is 7. The number of morpholine rings is 1. The number of hydrogen-bond donors (Lipinski definition) is 0. The number of aryl methyl sites for hydroxylation is 1. The number of non-ortho nitro benzene ring substituents is 1. The molecule has 0 aliphatic carbocycles. The average molecular weight is 579 g/mol. The van der Waals surface area contributed by atoms with Crippen molar-refractivity contribution >= 4 is 52.3 Å². The molecule has 206 valence electrons. The molecule has 3 amide bonds. The molecule has 2 aliphatic rings. The Kier molecular flexibility index (Phi) is 8.10. The highest BCUT2D eigenvalue weighted by atomic mass is 32.2. The first-order chi connectivity index (χ1) is 19.2. The van der Waals surface area contributed by atoms with Crippen molar-refractivity contribution in [1.29, 1.82) is 0 Å². The maximum Gasteiger partial charge on any atom is 0.294 e. The quantitative estimate of drug-likeness (QED) is 0.217. The molecule has 0 unspecified atom stereocenters. The second-order valence-corrected chi connectivity index (χ2v) is 11.4. The number of amides is 3. The van der Waals surface area contributed by atoms with Gasteiger partial charge in [0.05, 0.1) is 23.0 Å². The summed E-state index contributed by atoms with van der Waals surface area (Å²) in [6.07, 6.45) is 1.71. The van der Waals surface area contributed by atoms with Gasteiger partial charge in [-0.05, 0) is 79.7 Å². The number of ether oxygens (including phenoxy) is 1. The van der Waals surface area contributed by atoms with Gasteiger partial charge in [-0.25, -0.2) is 0 Å². The Bertz CT molecular complexity index is 1510. The lowest BCUT2D eigenvalue weighted by Gasteiger charge is -2.28. The zero-order valence-electron chi connectivity index (χ0n) is 21.9. The fourth-order valence-electron chi connectivity index (χ4n) is 4.59. The van der Waals surface area contributed by atoms with Gasteiger partial charge in [-0.2, -0.15) is 0 Å². The van der Waals surface area contributed by atoms with E-state index in [0.29, 0.717) is 26.3 Å². The van der Waals surface area contributed by atoms with Crippen molar-refractivity contribution < 1.29 is 24.0 Å². The molecule has 40 heavy (non-hydrogen) atoms. The van der Waals surface area contributed by atoms with E-state index in [2.05, 4.69) is 4.57 Å². The molecule has 0 N–H and O–H groups in total. The predicted molar refractivity (Wildman–Crippen MR) is 153 cm³/mol. The molecule has 1 aromatic heterocycles. The number of aromatic nitrogens is 1. The third kappa shape index (κ3) is 5.83. The van der Waals surface area contributed by atoms with Crippen LogP contribution in [-0.4, -0.2) is 69.2 Å². The van der Waals surface area contributed by atoms with E-state index in [0.717, 1.165) is 49.1 Å². The Hall–Kier alpha value is -3.87. The normalized spacial score (nSPS) is 16.7. The summed E-state index contributed by atoms with van der Waals surface area (Å²) in [6, 6.07) is 16.3. The van der Waals surface area contributed by atoms with Gasteiger partial charge in [-0.15, -0.1) is 0 Å². The van der Waals surface area contributed by atoms with E-state index in [-0.39, 0.29) is 23.0 Å². The van der Waals surface area contributed by atoms with Gasteiger partial charge in [0.15, 0.2) is 0 Å². The number of nitrogens with zero attached hydrogens (tertiary/aromatic N) is 4. The average Bonchev–Trinajstić information content (AvgIpc) is 3.38. The van der Waals surface area contributed by atoms with Crippen molar-refractivity contribution in [2.24, 2.45) is 0 Å². The minimum Gasteiger partial charge on any atom is -0.378 e. The number of imide groups is 1. The standard InChI is InChI=1S/C28H26N4O6S2/c1-18-15-20(16-25-27(34)30(28(35)40-25)17-26(33)29-11-13-38-14-12-29)19(2)31(18)21-3-7-23(8-4-21)39-24-9-5-22(6-10-24)32(36)37/h3-10,15-16H,11-14,17H2,1-2H3/b25-16-. The van der Waals surface area contributed by atoms with Crippen molar-refractivity contribution in [3.63, 3.8) is 0 Å². The smallest absolute Gasteiger partial charge is 0.294 e. The SMILES string of the molecule is Cc1cc(/C=C2\SC(=O)N(CC(=O)N3CCOCC3)C2=O)c(C)n1-c1ccc(Sc2ccc([N+](=O)[O-])cc2)cc1. The molecule has 5 rings (SSSR count). The molecule has 2 fully saturated rings. The second-order valence-electron chi connectivity index (χ2n) is 9.27. The molecule has 0 spiro atoms. The van der Waals surface area contributed by atoms with Gasteiger partial charge in [-0.3, -0.25) is 29.4 Å². The maximum atomic E-state index is 13.0. The first-order valence-electron chi connectivity index (χ1n) is 12.5. The maximum absolute atomic E-state index is 13.0. The van der Waals surface area contributed by atoms with Gasteiger partial charge in [0.25, 0.3) is 16.8 Å². The molecular weight excluding hydrogens is 552 g/mol. The summed E-state index contributed by atoms with van der Waals surface area (Å²) in [7, 11) is 0. The first-order valence-corrected chi connectivity index (χ1v) is 14.2. The summed E-state index contributed by atoms with van der Waals surface area (Å²) >= 11 is 2.35. The van der Waals surface area contributed by atoms with Crippen molar-refractivity contribution in [3.8, 4) is 5.69 Å². The summed E-state index contributed by atoms with van der Waals surface area (Å²) in [6.45, 7) is 5.45. The summed E-state index contributed by atoms with van der Waals surface area (Å²) in [5, 5.41) is 10.4. The molecule has 2 aliphatic heterocycles. The van der Waals surface area contributed by atoms with Crippen LogP contribution >= 0.6 is 23.5 Å². The number of carbonyl (C=O) groups excluding carboxylic acids is 3. The van der Waals surface area contributed by atoms with Crippen molar-refractivity contribution in [2.45, 2.75) is 23.6 Å². The Labute approximate surface area is 239 Å². The zero-order chi connectivity index (χ0) is 28.4. The topological polar surface area (TPSA) is 115 Å². The van der Waals surface area contributed by atoms with E-state index in [9.17, 15) is 24.5 Å². The first kappa shape index (κ1) is 27.7. The number of nitro groups is 1. The van der Waals surface area contributed by atoms with Gasteiger partial charge in [0, 0.05) is 52.1 Å². The van der Waals surface area contributed by atoms with Gasteiger partial charge >= 0.3 is 0 Å². The molecule has 2 saturated heterocycles. The predicted octanol–water partition coefficient (Wildman–Crippen LogP) is 5.05. The molecule has 2 aromatic carbocycles. The fourth-order valence-corrected chi connectivity index (χ4v) is 6.24. The van der Waals surface area contributed by atoms with Crippen LogP contribution in [-0.2, 0) is 14.3 Å². The molecule has 0 saturated carbocycles. The van der Waals surface area contributed by atoms with E-state index >= 15 is 0 Å². The van der Waals surface area contributed by atoms with Crippen LogP contribution in [0.3, 0.4) is 0 Å². The van der Waals surface area contributed by atoms with Crippen LogP contribution in [0.15, 0.2) is 69.3 Å². The monoisotopic (exact) mass is 578 g/mol. The summed E-state index contributed by atoms with van der Waals surface area (Å²) in [4.78, 5) is 53.5. The Morgan fingerprint density at radius 3 is 2.30 bits per heavy atom. The molecule has 0 radical (unpaired) electrons. The molecule has 0 atom stereocenters. The van der Waals surface area contributed by atoms with Crippen LogP contribution in [0.2, 0.25) is 0 Å². The Morgan fingerprint density at radius 2 is 1.68 bits per heavy atom. The van der Waals surface area contributed by atoms with Crippen LogP contribution in [0, 0.1) is 24.0 Å². The summed E-state index contributed by atoms with van der Waals surface area (Å²) in [5.74, 6) is -0.728. The molecule has 12 heteroatoms. The number of hydrogen-bond acceptors (Lipinski definition) is 8. The van der Waals surface area contributed by atoms with E-state index in [1.54, 1.807) is 23.1 Å². The van der Waals surface area contributed by atoms with Crippen LogP contribution in [0.5, 0.6) is 0 Å². The highest BCUT2D eigenvalue weighted by Crippen LogP contribution is 2.34. The zero-order valence-corrected chi connectivity index (χ0v) is 23.5. The Balaban J connectivity index is 1.30. The van der Waals surface area contributed by atoms with Crippen LogP contribution in [0.4, 0.5) is 10.5 Å². The van der Waals surface area contributed by atoms with Crippen LogP contribution < -0.4 is 0 Å². The van der Waals surface area contributed by atoms with Gasteiger partial charge in [-0.1, -0.05) is 11.8 Å². The highest BCUT2D eigenvalue weighted by Gasteiger charge is 2.37. The summed E-state index contributed by atoms with van der Waals surface area (Å²) < 4.78 is 7.33. The largest absolute Gasteiger partial charge is 0.378 e. The van der Waals surface area contributed by atoms with E-state index < -0.39 is 16.1 Å². The molecule has 0 bridgehead atoms. The minimum atomic E-state index is -0.464. The number of thioether (sulfide) groups is 1. The van der Waals surface area contributed by atoms with Gasteiger partial charge in [0.2, 0.25) is 5.91 Å². The van der Waals surface area contributed by atoms with E-state index in [1.807, 2.05) is 44.2 Å². The van der Waals surface area contributed by atoms with E-state index in [1.165, 1.54) is 23.9 Å². The third-order valence-electron chi connectivity index (χ3n) is 6.67.